The number of nitrogens with zero attached hydrogens (tertiary/aromatic N) is 3. The summed E-state index contributed by atoms with van der Waals surface area (Å²) in [5, 5.41) is 5.53. The van der Waals surface area contributed by atoms with Gasteiger partial charge in [0.15, 0.2) is 0 Å². The summed E-state index contributed by atoms with van der Waals surface area (Å²) in [7, 11) is -1.27. The van der Waals surface area contributed by atoms with Gasteiger partial charge in [-0.05, 0) is 63.1 Å². The van der Waals surface area contributed by atoms with Crippen LogP contribution in [0.5, 0.6) is 0 Å². The molecule has 140 valence electrons. The quantitative estimate of drug-likeness (QED) is 0.695. The molecule has 2 bridgehead atoms. The lowest BCUT2D eigenvalue weighted by molar-refractivity contribution is 0.133. The number of rotatable bonds is 3. The van der Waals surface area contributed by atoms with Gasteiger partial charge in [0.25, 0.3) is 0 Å². The van der Waals surface area contributed by atoms with Gasteiger partial charge in [-0.2, -0.15) is 5.10 Å². The van der Waals surface area contributed by atoms with E-state index in [0.29, 0.717) is 27.9 Å². The van der Waals surface area contributed by atoms with Crippen LogP contribution in [0.25, 0.3) is 10.9 Å². The summed E-state index contributed by atoms with van der Waals surface area (Å²) in [6.45, 7) is 0. The Morgan fingerprint density at radius 1 is 0.926 bits per heavy atom. The van der Waals surface area contributed by atoms with Crippen LogP contribution in [0.2, 0.25) is 0 Å². The molecule has 2 unspecified atom stereocenters. The summed E-state index contributed by atoms with van der Waals surface area (Å²) >= 11 is 0. The van der Waals surface area contributed by atoms with E-state index in [1.165, 1.54) is 12.8 Å². The van der Waals surface area contributed by atoms with E-state index in [0.717, 1.165) is 23.7 Å². The molecule has 2 aliphatic rings. The Kier molecular flexibility index (Phi) is 3.88. The molecule has 1 aromatic heterocycles. The van der Waals surface area contributed by atoms with Gasteiger partial charge in [-0.3, -0.25) is 4.68 Å². The van der Waals surface area contributed by atoms with Gasteiger partial charge in [0.2, 0.25) is 9.84 Å². The second-order valence-corrected chi connectivity index (χ2v) is 9.75. The molecule has 5 nitrogen and oxygen atoms in total. The van der Waals surface area contributed by atoms with E-state index in [1.54, 1.807) is 42.6 Å². The van der Waals surface area contributed by atoms with Crippen LogP contribution < -0.4 is 0 Å². The van der Waals surface area contributed by atoms with E-state index in [9.17, 15) is 8.42 Å². The topological polar surface area (TPSA) is 55.2 Å². The monoisotopic (exact) mass is 381 g/mol. The third-order valence-electron chi connectivity index (χ3n) is 6.35. The van der Waals surface area contributed by atoms with Crippen LogP contribution in [0.4, 0.5) is 0 Å². The molecule has 3 aromatic rings. The first kappa shape index (κ1) is 17.0. The smallest absolute Gasteiger partial charge is 0.206 e. The minimum atomic E-state index is -3.50. The molecular weight excluding hydrogens is 358 g/mol. The first-order valence-electron chi connectivity index (χ1n) is 9.53. The summed E-state index contributed by atoms with van der Waals surface area (Å²) in [5.41, 5.74) is 1.02. The Labute approximate surface area is 159 Å². The highest BCUT2D eigenvalue weighted by molar-refractivity contribution is 7.91. The molecule has 2 fully saturated rings. The highest BCUT2D eigenvalue weighted by atomic mass is 32.2. The third-order valence-corrected chi connectivity index (χ3v) is 8.12. The van der Waals surface area contributed by atoms with Crippen LogP contribution in [0.1, 0.15) is 31.7 Å². The van der Waals surface area contributed by atoms with Crippen molar-refractivity contribution in [3.05, 3.63) is 54.7 Å². The molecule has 2 aromatic carbocycles. The summed E-state index contributed by atoms with van der Waals surface area (Å²) < 4.78 is 27.9. The fourth-order valence-electron chi connectivity index (χ4n) is 4.81. The molecular formula is C21H23N3O2S. The minimum Gasteiger partial charge on any atom is -0.300 e. The van der Waals surface area contributed by atoms with Crippen molar-refractivity contribution in [1.29, 1.82) is 0 Å². The second-order valence-electron chi connectivity index (χ2n) is 7.80. The van der Waals surface area contributed by atoms with Crippen LogP contribution in [-0.2, 0) is 9.84 Å². The lowest BCUT2D eigenvalue weighted by Gasteiger charge is -2.36. The van der Waals surface area contributed by atoms with Gasteiger partial charge in [-0.1, -0.05) is 18.2 Å². The summed E-state index contributed by atoms with van der Waals surface area (Å²) in [6, 6.07) is 15.7. The number of hydrogen-bond acceptors (Lipinski definition) is 4. The van der Waals surface area contributed by atoms with Crippen molar-refractivity contribution in [2.45, 2.75) is 53.6 Å². The molecule has 27 heavy (non-hydrogen) atoms. The normalized spacial score (nSPS) is 25.9. The molecule has 0 saturated carbocycles. The van der Waals surface area contributed by atoms with Gasteiger partial charge in [0, 0.05) is 17.5 Å². The van der Waals surface area contributed by atoms with Gasteiger partial charge < -0.3 is 4.90 Å². The van der Waals surface area contributed by atoms with Crippen molar-refractivity contribution < 1.29 is 8.42 Å². The van der Waals surface area contributed by atoms with E-state index in [-0.39, 0.29) is 0 Å². The van der Waals surface area contributed by atoms with Crippen molar-refractivity contribution in [2.24, 2.45) is 0 Å². The van der Waals surface area contributed by atoms with Gasteiger partial charge in [-0.25, -0.2) is 8.42 Å². The molecule has 0 N–H and O–H groups in total. The summed E-state index contributed by atoms with van der Waals surface area (Å²) in [5.74, 6) is 0. The molecule has 0 aliphatic carbocycles. The first-order valence-corrected chi connectivity index (χ1v) is 11.0. The Bertz CT molecular complexity index is 1080. The lowest BCUT2D eigenvalue weighted by atomic mass is 9.98. The molecule has 0 radical (unpaired) electrons. The van der Waals surface area contributed by atoms with Crippen molar-refractivity contribution >= 4 is 20.7 Å². The number of fused-ring (bicyclic) bond motifs is 3. The van der Waals surface area contributed by atoms with Crippen molar-refractivity contribution in [3.8, 4) is 0 Å². The third kappa shape index (κ3) is 2.70. The number of aromatic nitrogens is 2. The van der Waals surface area contributed by atoms with Gasteiger partial charge in [0.1, 0.15) is 0 Å². The van der Waals surface area contributed by atoms with Crippen molar-refractivity contribution in [1.82, 2.24) is 14.7 Å². The van der Waals surface area contributed by atoms with E-state index in [4.69, 9.17) is 0 Å². The Morgan fingerprint density at radius 2 is 1.63 bits per heavy atom. The highest BCUT2D eigenvalue weighted by Gasteiger charge is 2.39. The first-order chi connectivity index (χ1) is 13.0. The predicted molar refractivity (Wildman–Crippen MR) is 104 cm³/mol. The van der Waals surface area contributed by atoms with Crippen LogP contribution in [0, 0.1) is 0 Å². The maximum absolute atomic E-state index is 12.9. The SMILES string of the molecule is CN1C2CCC1CC(n1ncc3cc(S(=O)(=O)c4ccccc4)ccc31)C2. The largest absolute Gasteiger partial charge is 0.300 e. The zero-order valence-corrected chi connectivity index (χ0v) is 16.1. The maximum Gasteiger partial charge on any atom is 0.206 e. The average molecular weight is 382 g/mol. The summed E-state index contributed by atoms with van der Waals surface area (Å²) in [4.78, 5) is 3.17. The Balaban J connectivity index is 1.51. The molecule has 5 rings (SSSR count). The van der Waals surface area contributed by atoms with Gasteiger partial charge in [-0.15, -0.1) is 0 Å². The molecule has 2 saturated heterocycles. The number of sulfone groups is 1. The minimum absolute atomic E-state index is 0.323. The molecule has 6 heteroatoms. The summed E-state index contributed by atoms with van der Waals surface area (Å²) in [6.07, 6.45) is 6.59. The average Bonchev–Trinajstić information content (AvgIpc) is 3.18. The molecule has 2 aliphatic heterocycles. The van der Waals surface area contributed by atoms with E-state index in [2.05, 4.69) is 21.7 Å². The van der Waals surface area contributed by atoms with Crippen LogP contribution in [0.15, 0.2) is 64.5 Å². The van der Waals surface area contributed by atoms with Crippen molar-refractivity contribution in [2.75, 3.05) is 7.05 Å². The van der Waals surface area contributed by atoms with Crippen LogP contribution >= 0.6 is 0 Å². The standard InChI is InChI=1S/C21H23N3O2S/c1-23-16-7-8-17(23)13-18(12-16)24-21-10-9-20(11-15(21)14-22-24)27(25,26)19-5-3-2-4-6-19/h2-6,9-11,14,16-18H,7-8,12-13H2,1H3. The van der Waals surface area contributed by atoms with Gasteiger partial charge >= 0.3 is 0 Å². The molecule has 0 amide bonds. The zero-order chi connectivity index (χ0) is 18.6. The molecule has 3 heterocycles. The van der Waals surface area contributed by atoms with E-state index >= 15 is 0 Å². The lowest BCUT2D eigenvalue weighted by Crippen LogP contribution is -2.40. The Hall–Kier alpha value is -2.18. The molecule has 2 atom stereocenters. The highest BCUT2D eigenvalue weighted by Crippen LogP contribution is 2.40. The number of piperidine rings is 1. The van der Waals surface area contributed by atoms with Crippen LogP contribution in [0.3, 0.4) is 0 Å². The second kappa shape index (κ2) is 6.17. The van der Waals surface area contributed by atoms with Crippen molar-refractivity contribution in [3.63, 3.8) is 0 Å². The number of benzene rings is 2. The van der Waals surface area contributed by atoms with E-state index < -0.39 is 9.84 Å². The predicted octanol–water partition coefficient (Wildman–Crippen LogP) is 3.67. The number of hydrogen-bond donors (Lipinski definition) is 0. The van der Waals surface area contributed by atoms with Gasteiger partial charge in [0.05, 0.1) is 27.5 Å². The fourth-order valence-corrected chi connectivity index (χ4v) is 6.12. The fraction of sp³-hybridized carbons (Fsp3) is 0.381. The molecule has 0 spiro atoms. The van der Waals surface area contributed by atoms with E-state index in [1.807, 2.05) is 12.1 Å². The van der Waals surface area contributed by atoms with Crippen LogP contribution in [-0.4, -0.2) is 42.2 Å². The Morgan fingerprint density at radius 3 is 2.33 bits per heavy atom. The zero-order valence-electron chi connectivity index (χ0n) is 15.3. The maximum atomic E-state index is 12.9.